The predicted octanol–water partition coefficient (Wildman–Crippen LogP) is 2.70. The maximum atomic E-state index is 13.0. The van der Waals surface area contributed by atoms with Crippen LogP contribution in [-0.2, 0) is 6.42 Å². The molecule has 0 atom stereocenters. The number of anilines is 1. The normalized spacial score (nSPS) is 11.8. The molecule has 0 saturated heterocycles. The summed E-state index contributed by atoms with van der Waals surface area (Å²) in [6, 6.07) is 1.36. The van der Waals surface area contributed by atoms with Gasteiger partial charge >= 0.3 is 6.18 Å². The molecule has 0 amide bonds. The summed E-state index contributed by atoms with van der Waals surface area (Å²) in [5.41, 5.74) is 5.01. The Morgan fingerprint density at radius 2 is 1.79 bits per heavy atom. The zero-order valence-corrected chi connectivity index (χ0v) is 9.13. The molecular formula is C10H6F5N3O. The Hall–Kier alpha value is -2.19. The van der Waals surface area contributed by atoms with Gasteiger partial charge in [0.2, 0.25) is 0 Å². The molecule has 102 valence electrons. The Labute approximate surface area is 103 Å². The number of hydrogen-bond donors (Lipinski definition) is 1. The number of nitrogens with zero attached hydrogens (tertiary/aromatic N) is 2. The Morgan fingerprint density at radius 3 is 2.42 bits per heavy atom. The summed E-state index contributed by atoms with van der Waals surface area (Å²) in [5, 5.41) is 3.09. The van der Waals surface area contributed by atoms with Crippen LogP contribution >= 0.6 is 0 Å². The van der Waals surface area contributed by atoms with Gasteiger partial charge in [0.15, 0.2) is 17.5 Å². The van der Waals surface area contributed by atoms with Crippen LogP contribution in [0.3, 0.4) is 0 Å². The molecule has 1 aromatic carbocycles. The zero-order valence-electron chi connectivity index (χ0n) is 9.13. The Balaban J connectivity index is 2.36. The van der Waals surface area contributed by atoms with E-state index in [4.69, 9.17) is 5.73 Å². The minimum absolute atomic E-state index is 0.167. The maximum Gasteiger partial charge on any atom is 0.396 e. The zero-order chi connectivity index (χ0) is 14.2. The van der Waals surface area contributed by atoms with Crippen molar-refractivity contribution in [2.75, 3.05) is 5.73 Å². The minimum Gasteiger partial charge on any atom is -0.398 e. The highest BCUT2D eigenvalue weighted by Crippen LogP contribution is 2.28. The van der Waals surface area contributed by atoms with E-state index in [-0.39, 0.29) is 11.3 Å². The third-order valence-corrected chi connectivity index (χ3v) is 2.15. The first kappa shape index (κ1) is 13.2. The minimum atomic E-state index is -4.50. The summed E-state index contributed by atoms with van der Waals surface area (Å²) < 4.78 is 66.7. The number of hydrogen-bond acceptors (Lipinski definition) is 4. The van der Waals surface area contributed by atoms with Gasteiger partial charge in [-0.25, -0.2) is 8.78 Å². The average molecular weight is 279 g/mol. The molecular weight excluding hydrogens is 273 g/mol. The van der Waals surface area contributed by atoms with Gasteiger partial charge in [-0.3, -0.25) is 0 Å². The third-order valence-electron chi connectivity index (χ3n) is 2.15. The molecule has 0 unspecified atom stereocenters. The van der Waals surface area contributed by atoms with E-state index in [1.54, 1.807) is 0 Å². The lowest BCUT2D eigenvalue weighted by atomic mass is 10.1. The first-order valence-electron chi connectivity index (χ1n) is 4.90. The van der Waals surface area contributed by atoms with Gasteiger partial charge in [0.1, 0.15) is 6.42 Å². The van der Waals surface area contributed by atoms with E-state index < -0.39 is 35.9 Å². The first-order valence-corrected chi connectivity index (χ1v) is 4.90. The summed E-state index contributed by atoms with van der Waals surface area (Å²) in [7, 11) is 0. The summed E-state index contributed by atoms with van der Waals surface area (Å²) in [6.45, 7) is 0. The number of benzene rings is 1. The summed E-state index contributed by atoms with van der Waals surface area (Å²) >= 11 is 0. The monoisotopic (exact) mass is 279 g/mol. The highest BCUT2D eigenvalue weighted by atomic mass is 19.4. The molecule has 19 heavy (non-hydrogen) atoms. The molecule has 2 aromatic rings. The van der Waals surface area contributed by atoms with Crippen molar-refractivity contribution in [2.24, 2.45) is 0 Å². The van der Waals surface area contributed by atoms with Gasteiger partial charge in [-0.1, -0.05) is 5.16 Å². The van der Waals surface area contributed by atoms with Crippen molar-refractivity contribution in [1.82, 2.24) is 10.1 Å². The number of nitrogen functional groups attached to an aromatic ring is 1. The van der Waals surface area contributed by atoms with E-state index >= 15 is 0 Å². The Kier molecular flexibility index (Phi) is 3.13. The molecule has 4 nitrogen and oxygen atoms in total. The van der Waals surface area contributed by atoms with Crippen molar-refractivity contribution in [3.8, 4) is 11.5 Å². The number of aromatic nitrogens is 2. The van der Waals surface area contributed by atoms with Crippen LogP contribution in [0.15, 0.2) is 16.7 Å². The van der Waals surface area contributed by atoms with Gasteiger partial charge in [0.25, 0.3) is 5.89 Å². The van der Waals surface area contributed by atoms with Crippen LogP contribution < -0.4 is 5.73 Å². The van der Waals surface area contributed by atoms with E-state index in [9.17, 15) is 22.0 Å². The van der Waals surface area contributed by atoms with Crippen LogP contribution in [0.2, 0.25) is 0 Å². The van der Waals surface area contributed by atoms with Gasteiger partial charge in [-0.15, -0.1) is 0 Å². The van der Waals surface area contributed by atoms with Gasteiger partial charge < -0.3 is 10.3 Å². The van der Waals surface area contributed by atoms with Gasteiger partial charge in [-0.05, 0) is 6.07 Å². The fraction of sp³-hybridized carbons (Fsp3) is 0.200. The third kappa shape index (κ3) is 2.98. The van der Waals surface area contributed by atoms with E-state index in [0.29, 0.717) is 12.1 Å². The topological polar surface area (TPSA) is 64.9 Å². The molecule has 0 saturated carbocycles. The van der Waals surface area contributed by atoms with E-state index in [2.05, 4.69) is 14.7 Å². The van der Waals surface area contributed by atoms with E-state index in [0.717, 1.165) is 0 Å². The molecule has 1 heterocycles. The van der Waals surface area contributed by atoms with Gasteiger partial charge in [-0.2, -0.15) is 18.2 Å². The summed E-state index contributed by atoms with van der Waals surface area (Å²) in [4.78, 5) is 3.43. The van der Waals surface area contributed by atoms with Gasteiger partial charge in [0, 0.05) is 11.8 Å². The number of alkyl halides is 3. The molecule has 0 aliphatic carbocycles. The van der Waals surface area contributed by atoms with Crippen LogP contribution in [0.5, 0.6) is 0 Å². The summed E-state index contributed by atoms with van der Waals surface area (Å²) in [6.07, 6.45) is -5.89. The lowest BCUT2D eigenvalue weighted by Gasteiger charge is -2.01. The fourth-order valence-electron chi connectivity index (χ4n) is 1.36. The second kappa shape index (κ2) is 4.48. The van der Waals surface area contributed by atoms with Crippen molar-refractivity contribution in [3.63, 3.8) is 0 Å². The van der Waals surface area contributed by atoms with Crippen LogP contribution in [0.4, 0.5) is 27.6 Å². The molecule has 0 spiro atoms. The fourth-order valence-corrected chi connectivity index (χ4v) is 1.36. The SMILES string of the molecule is Nc1cc(F)c(F)cc1-c1nc(CC(F)(F)F)no1. The van der Waals surface area contributed by atoms with Crippen LogP contribution in [0.1, 0.15) is 5.82 Å². The van der Waals surface area contributed by atoms with Crippen molar-refractivity contribution in [1.29, 1.82) is 0 Å². The van der Waals surface area contributed by atoms with Crippen molar-refractivity contribution in [3.05, 3.63) is 29.6 Å². The highest BCUT2D eigenvalue weighted by molar-refractivity contribution is 5.70. The number of rotatable bonds is 2. The maximum absolute atomic E-state index is 13.0. The number of nitrogens with two attached hydrogens (primary N) is 1. The molecule has 0 aliphatic rings. The van der Waals surface area contributed by atoms with Crippen LogP contribution in [-0.4, -0.2) is 16.3 Å². The lowest BCUT2D eigenvalue weighted by molar-refractivity contribution is -0.128. The molecule has 0 aliphatic heterocycles. The Morgan fingerprint density at radius 1 is 1.16 bits per heavy atom. The molecule has 0 bridgehead atoms. The lowest BCUT2D eigenvalue weighted by Crippen LogP contribution is -2.12. The largest absolute Gasteiger partial charge is 0.398 e. The second-order valence-corrected chi connectivity index (χ2v) is 3.66. The number of halogens is 5. The van der Waals surface area contributed by atoms with E-state index in [1.165, 1.54) is 0 Å². The highest BCUT2D eigenvalue weighted by Gasteiger charge is 2.31. The van der Waals surface area contributed by atoms with Crippen molar-refractivity contribution >= 4 is 5.69 Å². The van der Waals surface area contributed by atoms with Crippen LogP contribution in [0.25, 0.3) is 11.5 Å². The van der Waals surface area contributed by atoms with Gasteiger partial charge in [0.05, 0.1) is 5.56 Å². The van der Waals surface area contributed by atoms with Crippen molar-refractivity contribution < 1.29 is 26.5 Å². The summed E-state index contributed by atoms with van der Waals surface area (Å²) in [5.74, 6) is -3.43. The van der Waals surface area contributed by atoms with E-state index in [1.807, 2.05) is 0 Å². The molecule has 0 fully saturated rings. The Bertz CT molecular complexity index is 608. The quantitative estimate of drug-likeness (QED) is 0.678. The second-order valence-electron chi connectivity index (χ2n) is 3.66. The first-order chi connectivity index (χ1) is 8.76. The average Bonchev–Trinajstić information content (AvgIpc) is 2.69. The standard InChI is InChI=1S/C10H6F5N3O/c11-5-1-4(7(16)2-6(5)12)9-17-8(18-19-9)3-10(13,14)15/h1-2H,3,16H2. The molecule has 0 radical (unpaired) electrons. The van der Waals surface area contributed by atoms with Crippen molar-refractivity contribution in [2.45, 2.75) is 12.6 Å². The molecule has 2 N–H and O–H groups in total. The van der Waals surface area contributed by atoms with Crippen LogP contribution in [0, 0.1) is 11.6 Å². The predicted molar refractivity (Wildman–Crippen MR) is 53.8 cm³/mol. The molecule has 1 aromatic heterocycles. The smallest absolute Gasteiger partial charge is 0.396 e. The molecule has 2 rings (SSSR count). The molecule has 9 heteroatoms.